The van der Waals surface area contributed by atoms with Crippen LogP contribution in [0.1, 0.15) is 26.7 Å². The van der Waals surface area contributed by atoms with Gasteiger partial charge in [-0.15, -0.1) is 0 Å². The molecule has 3 rings (SSSR count). The number of carbonyl (C=O) groups is 3. The highest BCUT2D eigenvalue weighted by molar-refractivity contribution is 6.52. The van der Waals surface area contributed by atoms with E-state index in [1.807, 2.05) is 0 Å². The summed E-state index contributed by atoms with van der Waals surface area (Å²) in [4.78, 5) is 35.3. The molecular formula is C14H8FNO4. The molecule has 6 heteroatoms. The van der Waals surface area contributed by atoms with E-state index in [1.165, 1.54) is 18.2 Å². The fraction of sp³-hybridized carbons (Fsp3) is 0.0714. The number of ketones is 1. The van der Waals surface area contributed by atoms with Crippen LogP contribution in [0.3, 0.4) is 0 Å². The molecule has 5 nitrogen and oxygen atoms in total. The first-order valence-corrected chi connectivity index (χ1v) is 5.80. The largest absolute Gasteiger partial charge is 0.456 e. The number of anilines is 1. The van der Waals surface area contributed by atoms with Gasteiger partial charge in [-0.05, 0) is 30.3 Å². The van der Waals surface area contributed by atoms with Crippen LogP contribution >= 0.6 is 0 Å². The zero-order chi connectivity index (χ0) is 14.3. The van der Waals surface area contributed by atoms with E-state index in [2.05, 4.69) is 0 Å². The van der Waals surface area contributed by atoms with Crippen molar-refractivity contribution in [1.29, 1.82) is 0 Å². The van der Waals surface area contributed by atoms with Crippen LogP contribution in [0.2, 0.25) is 0 Å². The molecule has 100 valence electrons. The van der Waals surface area contributed by atoms with E-state index < -0.39 is 17.5 Å². The lowest BCUT2D eigenvalue weighted by Gasteiger charge is -2.14. The molecule has 0 saturated heterocycles. The Morgan fingerprint density at radius 1 is 1.20 bits per heavy atom. The van der Waals surface area contributed by atoms with E-state index in [4.69, 9.17) is 4.42 Å². The number of benzene rings is 1. The molecule has 1 aromatic carbocycles. The van der Waals surface area contributed by atoms with Crippen LogP contribution in [-0.2, 0) is 11.3 Å². The van der Waals surface area contributed by atoms with Crippen molar-refractivity contribution in [3.05, 3.63) is 53.2 Å². The predicted molar refractivity (Wildman–Crippen MR) is 66.0 cm³/mol. The van der Waals surface area contributed by atoms with Gasteiger partial charge in [-0.2, -0.15) is 0 Å². The lowest BCUT2D eigenvalue weighted by Crippen LogP contribution is -2.28. The number of hydrogen-bond donors (Lipinski definition) is 0. The Morgan fingerprint density at radius 2 is 2.00 bits per heavy atom. The number of furan rings is 1. The van der Waals surface area contributed by atoms with Crippen LogP contribution < -0.4 is 4.90 Å². The Bertz CT molecular complexity index is 735. The van der Waals surface area contributed by atoms with Crippen molar-refractivity contribution >= 4 is 23.7 Å². The first kappa shape index (κ1) is 12.3. The van der Waals surface area contributed by atoms with Gasteiger partial charge in [0, 0.05) is 0 Å². The van der Waals surface area contributed by atoms with Crippen molar-refractivity contribution in [3.63, 3.8) is 0 Å². The number of aldehydes is 1. The van der Waals surface area contributed by atoms with Gasteiger partial charge in [-0.1, -0.05) is 0 Å². The highest BCUT2D eigenvalue weighted by Crippen LogP contribution is 2.31. The van der Waals surface area contributed by atoms with E-state index >= 15 is 0 Å². The van der Waals surface area contributed by atoms with E-state index in [1.54, 1.807) is 0 Å². The molecule has 0 radical (unpaired) electrons. The topological polar surface area (TPSA) is 67.6 Å². The van der Waals surface area contributed by atoms with Crippen LogP contribution in [0, 0.1) is 5.82 Å². The van der Waals surface area contributed by atoms with Gasteiger partial charge in [-0.3, -0.25) is 19.3 Å². The van der Waals surface area contributed by atoms with Gasteiger partial charge in [-0.25, -0.2) is 4.39 Å². The van der Waals surface area contributed by atoms with Gasteiger partial charge in [0.15, 0.2) is 12.0 Å². The van der Waals surface area contributed by atoms with Crippen LogP contribution in [0.4, 0.5) is 10.1 Å². The molecule has 0 unspecified atom stereocenters. The number of fused-ring (bicyclic) bond motifs is 1. The molecule has 1 amide bonds. The molecule has 0 bridgehead atoms. The van der Waals surface area contributed by atoms with Crippen LogP contribution in [0.25, 0.3) is 0 Å². The third-order valence-electron chi connectivity index (χ3n) is 3.05. The number of Topliss-reactive ketones (excluding diaryl/α,β-unsaturated/α-hetero) is 1. The molecule has 0 spiro atoms. The zero-order valence-electron chi connectivity index (χ0n) is 10.1. The molecule has 20 heavy (non-hydrogen) atoms. The number of rotatable bonds is 3. The molecule has 1 aliphatic heterocycles. The van der Waals surface area contributed by atoms with Crippen molar-refractivity contribution in [1.82, 2.24) is 0 Å². The van der Waals surface area contributed by atoms with Gasteiger partial charge >= 0.3 is 0 Å². The minimum absolute atomic E-state index is 0.0329. The minimum Gasteiger partial charge on any atom is -0.456 e. The quantitative estimate of drug-likeness (QED) is 0.633. The standard InChI is InChI=1S/C14H8FNO4/c15-8-1-4-11-12(5-8)16(14(19)13(11)18)6-9-2-3-10(7-17)20-9/h1-5,7H,6H2. The van der Waals surface area contributed by atoms with Crippen molar-refractivity contribution in [2.24, 2.45) is 0 Å². The lowest BCUT2D eigenvalue weighted by molar-refractivity contribution is -0.114. The van der Waals surface area contributed by atoms with Crippen molar-refractivity contribution < 1.29 is 23.2 Å². The van der Waals surface area contributed by atoms with E-state index in [9.17, 15) is 18.8 Å². The summed E-state index contributed by atoms with van der Waals surface area (Å²) in [7, 11) is 0. The van der Waals surface area contributed by atoms with Gasteiger partial charge in [0.2, 0.25) is 0 Å². The summed E-state index contributed by atoms with van der Waals surface area (Å²) >= 11 is 0. The number of halogens is 1. The molecule has 0 fully saturated rings. The summed E-state index contributed by atoms with van der Waals surface area (Å²) in [5, 5.41) is 0. The smallest absolute Gasteiger partial charge is 0.299 e. The van der Waals surface area contributed by atoms with Crippen LogP contribution in [0.15, 0.2) is 34.7 Å². The Morgan fingerprint density at radius 3 is 2.70 bits per heavy atom. The maximum Gasteiger partial charge on any atom is 0.299 e. The number of nitrogens with zero attached hydrogens (tertiary/aromatic N) is 1. The molecule has 0 atom stereocenters. The second kappa shape index (κ2) is 4.41. The van der Waals surface area contributed by atoms with Crippen LogP contribution in [-0.4, -0.2) is 18.0 Å². The zero-order valence-corrected chi connectivity index (χ0v) is 10.1. The molecule has 1 aliphatic rings. The lowest BCUT2D eigenvalue weighted by atomic mass is 10.1. The minimum atomic E-state index is -0.741. The summed E-state index contributed by atoms with van der Waals surface area (Å²) in [6, 6.07) is 6.52. The molecule has 1 aromatic heterocycles. The molecular weight excluding hydrogens is 265 g/mol. The fourth-order valence-electron chi connectivity index (χ4n) is 2.12. The SMILES string of the molecule is O=Cc1ccc(CN2C(=O)C(=O)c3ccc(F)cc32)o1. The Balaban J connectivity index is 1.98. The van der Waals surface area contributed by atoms with Gasteiger partial charge < -0.3 is 4.42 Å². The molecule has 2 aromatic rings. The second-order valence-electron chi connectivity index (χ2n) is 4.30. The predicted octanol–water partition coefficient (Wildman–Crippen LogP) is 1.96. The molecule has 0 saturated carbocycles. The van der Waals surface area contributed by atoms with E-state index in [-0.39, 0.29) is 23.6 Å². The number of hydrogen-bond acceptors (Lipinski definition) is 4. The van der Waals surface area contributed by atoms with Crippen molar-refractivity contribution in [2.75, 3.05) is 4.90 Å². The first-order valence-electron chi connectivity index (χ1n) is 5.80. The van der Waals surface area contributed by atoms with Gasteiger partial charge in [0.05, 0.1) is 17.8 Å². The summed E-state index contributed by atoms with van der Waals surface area (Å²) in [5.41, 5.74) is 0.377. The van der Waals surface area contributed by atoms with E-state index in [0.29, 0.717) is 12.0 Å². The Hall–Kier alpha value is -2.76. The molecule has 2 heterocycles. The van der Waals surface area contributed by atoms with Crippen LogP contribution in [0.5, 0.6) is 0 Å². The number of amides is 1. The number of carbonyl (C=O) groups excluding carboxylic acids is 3. The summed E-state index contributed by atoms with van der Waals surface area (Å²) in [6.07, 6.45) is 0.536. The normalized spacial score (nSPS) is 13.8. The van der Waals surface area contributed by atoms with Crippen molar-refractivity contribution in [3.8, 4) is 0 Å². The third-order valence-corrected chi connectivity index (χ3v) is 3.05. The van der Waals surface area contributed by atoms with Gasteiger partial charge in [0.1, 0.15) is 11.6 Å². The van der Waals surface area contributed by atoms with Crippen molar-refractivity contribution in [2.45, 2.75) is 6.54 Å². The summed E-state index contributed by atoms with van der Waals surface area (Å²) in [6.45, 7) is -0.0329. The Kier molecular flexibility index (Phi) is 2.71. The average Bonchev–Trinajstić information content (AvgIpc) is 2.98. The fourth-order valence-corrected chi connectivity index (χ4v) is 2.12. The Labute approximate surface area is 112 Å². The molecule has 0 N–H and O–H groups in total. The second-order valence-corrected chi connectivity index (χ2v) is 4.30. The first-order chi connectivity index (χ1) is 9.60. The third kappa shape index (κ3) is 1.82. The summed E-state index contributed by atoms with van der Waals surface area (Å²) in [5.74, 6) is -1.50. The van der Waals surface area contributed by atoms with Gasteiger partial charge in [0.25, 0.3) is 11.7 Å². The van der Waals surface area contributed by atoms with E-state index in [0.717, 1.165) is 17.0 Å². The summed E-state index contributed by atoms with van der Waals surface area (Å²) < 4.78 is 18.4. The maximum absolute atomic E-state index is 13.3. The monoisotopic (exact) mass is 273 g/mol. The highest BCUT2D eigenvalue weighted by Gasteiger charge is 2.36. The highest BCUT2D eigenvalue weighted by atomic mass is 19.1. The molecule has 0 aliphatic carbocycles. The average molecular weight is 273 g/mol. The maximum atomic E-state index is 13.3.